The molecule has 0 aromatic heterocycles. The Labute approximate surface area is 150 Å². The molecular weight excluding hydrogens is 374 g/mol. The first-order chi connectivity index (χ1) is 9.93. The first kappa shape index (κ1) is 22.3. The summed E-state index contributed by atoms with van der Waals surface area (Å²) in [4.78, 5) is 2.00. The predicted molar refractivity (Wildman–Crippen MR) is 88.4 cm³/mol. The molecule has 1 N–H and O–H groups in total. The first-order valence-corrected chi connectivity index (χ1v) is 6.99. The van der Waals surface area contributed by atoms with E-state index in [9.17, 15) is 13.2 Å². The lowest BCUT2D eigenvalue weighted by atomic mass is 9.99. The largest absolute Gasteiger partial charge is 0.416 e. The summed E-state index contributed by atoms with van der Waals surface area (Å²) in [5.41, 5.74) is -0.366. The second-order valence-corrected chi connectivity index (χ2v) is 5.31. The molecule has 0 saturated carbocycles. The molecule has 0 bridgehead atoms. The molecule has 1 aliphatic heterocycles. The van der Waals surface area contributed by atoms with Crippen LogP contribution >= 0.6 is 36.4 Å². The Kier molecular flexibility index (Phi) is 9.26. The molecule has 1 saturated heterocycles. The van der Waals surface area contributed by atoms with Crippen LogP contribution in [0.5, 0.6) is 0 Å². The smallest absolute Gasteiger partial charge is 0.314 e. The average Bonchev–Trinajstić information content (AvgIpc) is 2.45. The zero-order valence-electron chi connectivity index (χ0n) is 12.1. The van der Waals surface area contributed by atoms with E-state index in [1.54, 1.807) is 0 Å². The number of alkyl halides is 3. The van der Waals surface area contributed by atoms with Crippen LogP contribution in [0, 0.1) is 11.3 Å². The van der Waals surface area contributed by atoms with E-state index < -0.39 is 17.8 Å². The molecule has 0 amide bonds. The molecule has 1 aromatic rings. The van der Waals surface area contributed by atoms with Crippen LogP contribution in [0.15, 0.2) is 18.2 Å². The third-order valence-electron chi connectivity index (χ3n) is 3.56. The van der Waals surface area contributed by atoms with Gasteiger partial charge in [0.1, 0.15) is 0 Å². The number of rotatable bonds is 3. The van der Waals surface area contributed by atoms with Crippen LogP contribution in [0.2, 0.25) is 5.02 Å². The molecule has 23 heavy (non-hydrogen) atoms. The van der Waals surface area contributed by atoms with Crippen LogP contribution in [-0.2, 0) is 6.18 Å². The van der Waals surface area contributed by atoms with Crippen LogP contribution in [-0.4, -0.2) is 31.1 Å². The van der Waals surface area contributed by atoms with Crippen LogP contribution in [0.3, 0.4) is 0 Å². The van der Waals surface area contributed by atoms with Crippen molar-refractivity contribution in [1.29, 1.82) is 5.26 Å². The monoisotopic (exact) mass is 389 g/mol. The summed E-state index contributed by atoms with van der Waals surface area (Å²) in [6.45, 7) is 2.86. The lowest BCUT2D eigenvalue weighted by molar-refractivity contribution is -0.137. The van der Waals surface area contributed by atoms with E-state index in [-0.39, 0.29) is 36.3 Å². The summed E-state index contributed by atoms with van der Waals surface area (Å²) in [6.07, 6.45) is -4.30. The van der Waals surface area contributed by atoms with Gasteiger partial charge in [-0.3, -0.25) is 4.90 Å². The van der Waals surface area contributed by atoms with Crippen LogP contribution in [0.4, 0.5) is 13.2 Å². The highest BCUT2D eigenvalue weighted by molar-refractivity contribution is 6.31. The number of hydrogen-bond donors (Lipinski definition) is 1. The summed E-state index contributed by atoms with van der Waals surface area (Å²) in [6, 6.07) is 4.92. The van der Waals surface area contributed by atoms with E-state index >= 15 is 0 Å². The molecule has 1 heterocycles. The fraction of sp³-hybridized carbons (Fsp3) is 0.500. The second kappa shape index (κ2) is 9.55. The van der Waals surface area contributed by atoms with Gasteiger partial charge < -0.3 is 5.32 Å². The number of nitrogens with one attached hydrogen (secondary N) is 1. The molecule has 3 nitrogen and oxygen atoms in total. The van der Waals surface area contributed by atoms with Gasteiger partial charge in [0.15, 0.2) is 0 Å². The van der Waals surface area contributed by atoms with Gasteiger partial charge >= 0.3 is 6.18 Å². The molecule has 130 valence electrons. The lowest BCUT2D eigenvalue weighted by Crippen LogP contribution is -2.45. The minimum absolute atomic E-state index is 0. The molecular formula is C14H17Cl3F3N3. The van der Waals surface area contributed by atoms with Crippen LogP contribution in [0.1, 0.15) is 23.6 Å². The maximum absolute atomic E-state index is 12.9. The molecule has 0 aliphatic carbocycles. The predicted octanol–water partition coefficient (Wildman–Crippen LogP) is 4.06. The Morgan fingerprint density at radius 3 is 2.39 bits per heavy atom. The van der Waals surface area contributed by atoms with E-state index in [0.717, 1.165) is 25.2 Å². The minimum Gasteiger partial charge on any atom is -0.314 e. The molecule has 1 atom stereocenters. The molecule has 1 aromatic carbocycles. The summed E-state index contributed by atoms with van der Waals surface area (Å²) >= 11 is 6.08. The minimum atomic E-state index is -4.42. The molecule has 9 heteroatoms. The average molecular weight is 391 g/mol. The van der Waals surface area contributed by atoms with Crippen molar-refractivity contribution in [1.82, 2.24) is 10.2 Å². The second-order valence-electron chi connectivity index (χ2n) is 4.90. The summed E-state index contributed by atoms with van der Waals surface area (Å²) in [5, 5.41) is 12.4. The van der Waals surface area contributed by atoms with E-state index in [4.69, 9.17) is 16.9 Å². The Balaban J connectivity index is 0.00000242. The van der Waals surface area contributed by atoms with Crippen molar-refractivity contribution in [3.05, 3.63) is 34.3 Å². The van der Waals surface area contributed by atoms with E-state index in [1.807, 2.05) is 11.0 Å². The summed E-state index contributed by atoms with van der Waals surface area (Å²) < 4.78 is 38.6. The normalized spacial score (nSPS) is 16.7. The Morgan fingerprint density at radius 1 is 1.26 bits per heavy atom. The van der Waals surface area contributed by atoms with Crippen LogP contribution < -0.4 is 5.32 Å². The van der Waals surface area contributed by atoms with Gasteiger partial charge in [-0.2, -0.15) is 18.4 Å². The highest BCUT2D eigenvalue weighted by atomic mass is 35.5. The number of nitriles is 1. The standard InChI is InChI=1S/C14H15ClF3N3.2ClH/c15-12-2-1-10(14(16,17)18)9-11(12)13(3-4-19)21-7-5-20-6-8-21;;/h1-2,9,13,20H,3,5-8H2;2*1H/t13-;;/m0../s1. The van der Waals surface area contributed by atoms with Crippen molar-refractivity contribution in [3.63, 3.8) is 0 Å². The Hall–Kier alpha value is -0.710. The van der Waals surface area contributed by atoms with Crippen molar-refractivity contribution in [2.24, 2.45) is 0 Å². The Bertz CT molecular complexity index is 540. The topological polar surface area (TPSA) is 39.1 Å². The molecule has 0 unspecified atom stereocenters. The van der Waals surface area contributed by atoms with Crippen molar-refractivity contribution in [2.45, 2.75) is 18.6 Å². The quantitative estimate of drug-likeness (QED) is 0.846. The van der Waals surface area contributed by atoms with Gasteiger partial charge in [-0.05, 0) is 23.8 Å². The zero-order chi connectivity index (χ0) is 15.5. The molecule has 0 spiro atoms. The van der Waals surface area contributed by atoms with Crippen LogP contribution in [0.25, 0.3) is 0 Å². The van der Waals surface area contributed by atoms with E-state index in [1.165, 1.54) is 6.07 Å². The van der Waals surface area contributed by atoms with Gasteiger partial charge in [0, 0.05) is 37.2 Å². The lowest BCUT2D eigenvalue weighted by Gasteiger charge is -2.34. The van der Waals surface area contributed by atoms with Gasteiger partial charge in [-0.1, -0.05) is 11.6 Å². The van der Waals surface area contributed by atoms with Crippen molar-refractivity contribution in [3.8, 4) is 6.07 Å². The van der Waals surface area contributed by atoms with Crippen molar-refractivity contribution >= 4 is 36.4 Å². The third kappa shape index (κ3) is 5.70. The number of benzene rings is 1. The van der Waals surface area contributed by atoms with Gasteiger partial charge in [0.05, 0.1) is 18.1 Å². The van der Waals surface area contributed by atoms with Gasteiger partial charge in [0.25, 0.3) is 0 Å². The first-order valence-electron chi connectivity index (χ1n) is 6.62. The van der Waals surface area contributed by atoms with E-state index in [0.29, 0.717) is 18.7 Å². The maximum atomic E-state index is 12.9. The molecule has 0 radical (unpaired) electrons. The maximum Gasteiger partial charge on any atom is 0.416 e. The number of piperazine rings is 1. The molecule has 1 aliphatic rings. The molecule has 2 rings (SSSR count). The van der Waals surface area contributed by atoms with Crippen molar-refractivity contribution < 1.29 is 13.2 Å². The fourth-order valence-corrected chi connectivity index (χ4v) is 2.73. The number of halogens is 6. The van der Waals surface area contributed by atoms with Gasteiger partial charge in [0.2, 0.25) is 0 Å². The molecule has 1 fully saturated rings. The summed E-state index contributed by atoms with van der Waals surface area (Å²) in [7, 11) is 0. The number of nitrogens with zero attached hydrogens (tertiary/aromatic N) is 2. The fourth-order valence-electron chi connectivity index (χ4n) is 2.49. The highest BCUT2D eigenvalue weighted by Crippen LogP contribution is 2.36. The highest BCUT2D eigenvalue weighted by Gasteiger charge is 2.32. The SMILES string of the molecule is Cl.Cl.N#CC[C@@H](c1cc(C(F)(F)F)ccc1Cl)N1CCNCC1. The van der Waals surface area contributed by atoms with E-state index in [2.05, 4.69) is 5.32 Å². The zero-order valence-corrected chi connectivity index (χ0v) is 14.5. The summed E-state index contributed by atoms with van der Waals surface area (Å²) in [5.74, 6) is 0. The third-order valence-corrected chi connectivity index (χ3v) is 3.90. The van der Waals surface area contributed by atoms with Gasteiger partial charge in [-0.15, -0.1) is 24.8 Å². The van der Waals surface area contributed by atoms with Crippen molar-refractivity contribution in [2.75, 3.05) is 26.2 Å². The van der Waals surface area contributed by atoms with Gasteiger partial charge in [-0.25, -0.2) is 0 Å². The Morgan fingerprint density at radius 2 is 1.87 bits per heavy atom. The number of hydrogen-bond acceptors (Lipinski definition) is 3.